The first-order chi connectivity index (χ1) is 19.8. The highest BCUT2D eigenvalue weighted by atomic mass is 35.5. The summed E-state index contributed by atoms with van der Waals surface area (Å²) in [6.07, 6.45) is 4.42. The van der Waals surface area contributed by atoms with E-state index in [0.717, 1.165) is 67.0 Å². The second-order valence-electron chi connectivity index (χ2n) is 10.9. The number of ether oxygens (including phenoxy) is 1. The molecule has 0 radical (unpaired) electrons. The highest BCUT2D eigenvalue weighted by Gasteiger charge is 2.28. The summed E-state index contributed by atoms with van der Waals surface area (Å²) in [5.74, 6) is 0.866. The number of carbonyl (C=O) groups is 1. The number of hydrogen-bond acceptors (Lipinski definition) is 5. The fourth-order valence-corrected chi connectivity index (χ4v) is 6.39. The molecule has 0 saturated carbocycles. The zero-order valence-corrected chi connectivity index (χ0v) is 25.6. The number of nitrogens with zero attached hydrogens (tertiary/aromatic N) is 3. The number of carbonyl (C=O) groups excluding carboxylic acids is 1. The van der Waals surface area contributed by atoms with E-state index in [1.54, 1.807) is 17.7 Å². The molecule has 1 amide bonds. The molecular formula is C33H36ClN3O3S. The smallest absolute Gasteiger partial charge is 0.265 e. The van der Waals surface area contributed by atoms with Crippen LogP contribution in [-0.2, 0) is 12.8 Å². The van der Waals surface area contributed by atoms with Gasteiger partial charge in [0.25, 0.3) is 11.5 Å². The van der Waals surface area contributed by atoms with Crippen LogP contribution in [0.5, 0.6) is 5.75 Å². The summed E-state index contributed by atoms with van der Waals surface area (Å²) in [4.78, 5) is 35.5. The van der Waals surface area contributed by atoms with Crippen molar-refractivity contribution < 1.29 is 9.53 Å². The van der Waals surface area contributed by atoms with E-state index < -0.39 is 0 Å². The Kier molecular flexibility index (Phi) is 8.95. The van der Waals surface area contributed by atoms with Crippen LogP contribution in [0.3, 0.4) is 0 Å². The quantitative estimate of drug-likeness (QED) is 0.211. The van der Waals surface area contributed by atoms with Crippen LogP contribution in [-0.4, -0.2) is 40.6 Å². The number of aryl methyl sites for hydroxylation is 1. The SMILES string of the molecule is CCc1ccc(OC)cc1-n1c(CC(C)C)c(C(=O)N2CCCCC2)cc(-c2nc(-c3ccc(Cl)cc3)cs2)c1=O. The van der Waals surface area contributed by atoms with Crippen LogP contribution in [0.2, 0.25) is 5.02 Å². The molecule has 1 saturated heterocycles. The summed E-state index contributed by atoms with van der Waals surface area (Å²) in [6.45, 7) is 7.76. The number of amides is 1. The van der Waals surface area contributed by atoms with Gasteiger partial charge in [-0.05, 0) is 67.9 Å². The Morgan fingerprint density at radius 3 is 2.46 bits per heavy atom. The van der Waals surface area contributed by atoms with Gasteiger partial charge in [-0.25, -0.2) is 4.98 Å². The van der Waals surface area contributed by atoms with Gasteiger partial charge < -0.3 is 9.64 Å². The number of likely N-dealkylation sites (tertiary alicyclic amines) is 1. The Balaban J connectivity index is 1.78. The normalized spacial score (nSPS) is 13.6. The maximum absolute atomic E-state index is 14.5. The lowest BCUT2D eigenvalue weighted by molar-refractivity contribution is 0.0722. The largest absolute Gasteiger partial charge is 0.497 e. The van der Waals surface area contributed by atoms with Crippen molar-refractivity contribution in [1.29, 1.82) is 0 Å². The number of halogens is 1. The van der Waals surface area contributed by atoms with E-state index in [1.807, 2.05) is 52.7 Å². The molecule has 2 aromatic heterocycles. The predicted octanol–water partition coefficient (Wildman–Crippen LogP) is 7.68. The van der Waals surface area contributed by atoms with Crippen molar-refractivity contribution in [2.24, 2.45) is 5.92 Å². The van der Waals surface area contributed by atoms with Crippen LogP contribution < -0.4 is 10.3 Å². The van der Waals surface area contributed by atoms with Crippen LogP contribution in [0.1, 0.15) is 61.6 Å². The van der Waals surface area contributed by atoms with Gasteiger partial charge in [0, 0.05) is 40.8 Å². The third kappa shape index (κ3) is 6.11. The topological polar surface area (TPSA) is 64.4 Å². The molecule has 1 aliphatic rings. The molecule has 0 spiro atoms. The van der Waals surface area contributed by atoms with Crippen LogP contribution in [0.25, 0.3) is 27.5 Å². The fourth-order valence-electron chi connectivity index (χ4n) is 5.43. The molecular weight excluding hydrogens is 554 g/mol. The Hall–Kier alpha value is -3.42. The maximum atomic E-state index is 14.5. The standard InChI is InChI=1S/C33H36ClN3O3S/c1-5-22-11-14-25(40-4)18-29(22)37-30(17-21(2)3)26(32(38)36-15-7-6-8-16-36)19-27(33(37)39)31-35-28(20-41-31)23-9-12-24(34)13-10-23/h9-14,18-21H,5-8,15-17H2,1-4H3. The third-order valence-electron chi connectivity index (χ3n) is 7.57. The molecule has 6 nitrogen and oxygen atoms in total. The Morgan fingerprint density at radius 1 is 1.07 bits per heavy atom. The molecule has 0 atom stereocenters. The van der Waals surface area contributed by atoms with Gasteiger partial charge in [0.1, 0.15) is 10.8 Å². The minimum Gasteiger partial charge on any atom is -0.497 e. The van der Waals surface area contributed by atoms with Crippen LogP contribution in [0, 0.1) is 5.92 Å². The lowest BCUT2D eigenvalue weighted by atomic mass is 9.98. The van der Waals surface area contributed by atoms with E-state index in [1.165, 1.54) is 11.3 Å². The minimum atomic E-state index is -0.184. The Labute approximate surface area is 250 Å². The summed E-state index contributed by atoms with van der Waals surface area (Å²) < 4.78 is 7.34. The molecule has 1 aliphatic heterocycles. The number of rotatable bonds is 8. The number of methoxy groups -OCH3 is 1. The number of benzene rings is 2. The molecule has 0 N–H and O–H groups in total. The van der Waals surface area contributed by atoms with Crippen LogP contribution >= 0.6 is 22.9 Å². The zero-order valence-electron chi connectivity index (χ0n) is 24.1. The van der Waals surface area contributed by atoms with E-state index in [9.17, 15) is 9.59 Å². The van der Waals surface area contributed by atoms with Crippen molar-refractivity contribution >= 4 is 28.8 Å². The molecule has 0 bridgehead atoms. The number of pyridine rings is 1. The highest BCUT2D eigenvalue weighted by Crippen LogP contribution is 2.32. The van der Waals surface area contributed by atoms with E-state index in [-0.39, 0.29) is 17.4 Å². The summed E-state index contributed by atoms with van der Waals surface area (Å²) in [7, 11) is 1.62. The number of piperidine rings is 1. The average molecular weight is 590 g/mol. The molecule has 0 unspecified atom stereocenters. The van der Waals surface area contributed by atoms with Gasteiger partial charge in [-0.1, -0.05) is 50.6 Å². The first-order valence-corrected chi connectivity index (χ1v) is 15.5. The second kappa shape index (κ2) is 12.6. The Morgan fingerprint density at radius 2 is 1.80 bits per heavy atom. The third-order valence-corrected chi connectivity index (χ3v) is 8.69. The number of thiazole rings is 1. The first kappa shape index (κ1) is 29.1. The van der Waals surface area contributed by atoms with Gasteiger partial charge >= 0.3 is 0 Å². The van der Waals surface area contributed by atoms with E-state index in [4.69, 9.17) is 21.3 Å². The predicted molar refractivity (Wildman–Crippen MR) is 168 cm³/mol. The lowest BCUT2D eigenvalue weighted by Crippen LogP contribution is -2.38. The second-order valence-corrected chi connectivity index (χ2v) is 12.2. The van der Waals surface area contributed by atoms with Gasteiger partial charge in [0.15, 0.2) is 0 Å². The zero-order chi connectivity index (χ0) is 29.1. The van der Waals surface area contributed by atoms with E-state index in [2.05, 4.69) is 20.8 Å². The maximum Gasteiger partial charge on any atom is 0.265 e. The molecule has 41 heavy (non-hydrogen) atoms. The molecule has 8 heteroatoms. The number of aromatic nitrogens is 2. The summed E-state index contributed by atoms with van der Waals surface area (Å²) in [5.41, 5.74) is 4.98. The van der Waals surface area contributed by atoms with Gasteiger partial charge in [-0.2, -0.15) is 0 Å². The van der Waals surface area contributed by atoms with E-state index >= 15 is 0 Å². The molecule has 3 heterocycles. The fraction of sp³-hybridized carbons (Fsp3) is 0.364. The van der Waals surface area contributed by atoms with Crippen molar-refractivity contribution in [2.75, 3.05) is 20.2 Å². The summed E-state index contributed by atoms with van der Waals surface area (Å²) in [6, 6.07) is 15.1. The van der Waals surface area contributed by atoms with Crippen LogP contribution in [0.15, 0.2) is 58.7 Å². The van der Waals surface area contributed by atoms with Gasteiger partial charge in [0.05, 0.1) is 29.6 Å². The first-order valence-electron chi connectivity index (χ1n) is 14.3. The van der Waals surface area contributed by atoms with Crippen molar-refractivity contribution in [3.63, 3.8) is 0 Å². The van der Waals surface area contributed by atoms with Crippen molar-refractivity contribution in [3.8, 4) is 33.3 Å². The van der Waals surface area contributed by atoms with Crippen molar-refractivity contribution in [3.05, 3.63) is 86.1 Å². The molecule has 0 aliphatic carbocycles. The highest BCUT2D eigenvalue weighted by molar-refractivity contribution is 7.13. The Bertz CT molecular complexity index is 1600. The monoisotopic (exact) mass is 589 g/mol. The summed E-state index contributed by atoms with van der Waals surface area (Å²) in [5, 5.41) is 3.18. The molecule has 1 fully saturated rings. The molecule has 214 valence electrons. The summed E-state index contributed by atoms with van der Waals surface area (Å²) >= 11 is 7.50. The van der Waals surface area contributed by atoms with Crippen molar-refractivity contribution in [2.45, 2.75) is 52.9 Å². The molecule has 4 aromatic rings. The average Bonchev–Trinajstić information content (AvgIpc) is 3.47. The number of hydrogen-bond donors (Lipinski definition) is 0. The molecule has 5 rings (SSSR count). The minimum absolute atomic E-state index is 0.0224. The van der Waals surface area contributed by atoms with Gasteiger partial charge in [-0.3, -0.25) is 14.2 Å². The molecule has 2 aromatic carbocycles. The van der Waals surface area contributed by atoms with E-state index in [0.29, 0.717) is 33.3 Å². The van der Waals surface area contributed by atoms with Crippen molar-refractivity contribution in [1.82, 2.24) is 14.5 Å². The lowest BCUT2D eigenvalue weighted by Gasteiger charge is -2.29. The van der Waals surface area contributed by atoms with Gasteiger partial charge in [-0.15, -0.1) is 11.3 Å². The van der Waals surface area contributed by atoms with Gasteiger partial charge in [0.2, 0.25) is 0 Å². The van der Waals surface area contributed by atoms with Crippen LogP contribution in [0.4, 0.5) is 0 Å².